The predicted molar refractivity (Wildman–Crippen MR) is 95.1 cm³/mol. The van der Waals surface area contributed by atoms with Crippen molar-refractivity contribution in [1.82, 2.24) is 4.31 Å². The number of piperazine rings is 1. The van der Waals surface area contributed by atoms with Crippen molar-refractivity contribution in [1.29, 1.82) is 0 Å². The Labute approximate surface area is 143 Å². The fourth-order valence-electron chi connectivity index (χ4n) is 2.98. The van der Waals surface area contributed by atoms with Gasteiger partial charge in [-0.05, 0) is 42.8 Å². The van der Waals surface area contributed by atoms with E-state index in [0.29, 0.717) is 36.8 Å². The molecule has 0 amide bonds. The molecule has 1 heterocycles. The Kier molecular flexibility index (Phi) is 4.78. The maximum Gasteiger partial charge on any atom is 0.243 e. The molecule has 2 aromatic rings. The van der Waals surface area contributed by atoms with Gasteiger partial charge in [0.2, 0.25) is 10.0 Å². The van der Waals surface area contributed by atoms with Gasteiger partial charge in [0.15, 0.2) is 0 Å². The van der Waals surface area contributed by atoms with Crippen LogP contribution in [0.15, 0.2) is 53.4 Å². The molecule has 1 saturated heterocycles. The van der Waals surface area contributed by atoms with E-state index in [1.165, 1.54) is 11.3 Å². The number of hydrogen-bond donors (Lipinski definition) is 0. The topological polar surface area (TPSA) is 49.9 Å². The monoisotopic (exact) mass is 346 g/mol. The highest BCUT2D eigenvalue weighted by Gasteiger charge is 2.28. The number of methoxy groups -OCH3 is 1. The third kappa shape index (κ3) is 3.25. The van der Waals surface area contributed by atoms with E-state index in [2.05, 4.69) is 24.0 Å². The molecule has 1 aliphatic rings. The van der Waals surface area contributed by atoms with Crippen LogP contribution in [0.5, 0.6) is 5.75 Å². The van der Waals surface area contributed by atoms with Gasteiger partial charge in [-0.15, -0.1) is 0 Å². The van der Waals surface area contributed by atoms with Gasteiger partial charge in [0.1, 0.15) is 5.75 Å². The first-order valence-corrected chi connectivity index (χ1v) is 9.41. The summed E-state index contributed by atoms with van der Waals surface area (Å²) in [4.78, 5) is 2.56. The molecule has 0 saturated carbocycles. The molecule has 24 heavy (non-hydrogen) atoms. The third-order valence-electron chi connectivity index (χ3n) is 4.39. The highest BCUT2D eigenvalue weighted by Crippen LogP contribution is 2.24. The highest BCUT2D eigenvalue weighted by molar-refractivity contribution is 7.89. The normalized spacial score (nSPS) is 16.2. The van der Waals surface area contributed by atoms with Crippen LogP contribution >= 0.6 is 0 Å². The summed E-state index contributed by atoms with van der Waals surface area (Å²) in [5.74, 6) is 0.651. The number of ether oxygens (including phenoxy) is 1. The van der Waals surface area contributed by atoms with Crippen LogP contribution in [0.25, 0.3) is 0 Å². The molecule has 3 rings (SSSR count). The van der Waals surface area contributed by atoms with E-state index in [4.69, 9.17) is 4.74 Å². The molecular weight excluding hydrogens is 324 g/mol. The standard InChI is InChI=1S/C18H22N2O3S/c1-15-5-3-4-6-18(15)19-11-13-20(14-12-19)24(21,22)17-9-7-16(23-2)8-10-17/h3-10H,11-14H2,1-2H3. The van der Waals surface area contributed by atoms with Gasteiger partial charge < -0.3 is 9.64 Å². The number of para-hydroxylation sites is 1. The van der Waals surface area contributed by atoms with Gasteiger partial charge in [-0.1, -0.05) is 18.2 Å². The highest BCUT2D eigenvalue weighted by atomic mass is 32.2. The molecule has 0 unspecified atom stereocenters. The first kappa shape index (κ1) is 16.8. The largest absolute Gasteiger partial charge is 0.497 e. The SMILES string of the molecule is COc1ccc(S(=O)(=O)N2CCN(c3ccccc3C)CC2)cc1. The van der Waals surface area contributed by atoms with E-state index in [1.807, 2.05) is 12.1 Å². The van der Waals surface area contributed by atoms with Crippen molar-refractivity contribution in [3.63, 3.8) is 0 Å². The van der Waals surface area contributed by atoms with Crippen molar-refractivity contribution in [3.8, 4) is 5.75 Å². The quantitative estimate of drug-likeness (QED) is 0.854. The third-order valence-corrected chi connectivity index (χ3v) is 6.30. The lowest BCUT2D eigenvalue weighted by Gasteiger charge is -2.36. The molecule has 2 aromatic carbocycles. The number of sulfonamides is 1. The Bertz CT molecular complexity index is 795. The first-order valence-electron chi connectivity index (χ1n) is 7.97. The molecule has 0 spiro atoms. The van der Waals surface area contributed by atoms with Gasteiger partial charge in [0.25, 0.3) is 0 Å². The number of hydrogen-bond acceptors (Lipinski definition) is 4. The van der Waals surface area contributed by atoms with E-state index >= 15 is 0 Å². The van der Waals surface area contributed by atoms with Crippen LogP contribution in [0.3, 0.4) is 0 Å². The molecule has 0 N–H and O–H groups in total. The van der Waals surface area contributed by atoms with Crippen molar-refractivity contribution in [2.45, 2.75) is 11.8 Å². The molecule has 1 fully saturated rings. The summed E-state index contributed by atoms with van der Waals surface area (Å²) in [6, 6.07) is 14.8. The minimum absolute atomic E-state index is 0.313. The molecule has 1 aliphatic heterocycles. The number of nitrogens with zero attached hydrogens (tertiary/aromatic N) is 2. The van der Waals surface area contributed by atoms with Crippen LogP contribution in [0.2, 0.25) is 0 Å². The van der Waals surface area contributed by atoms with Crippen LogP contribution < -0.4 is 9.64 Å². The Morgan fingerprint density at radius 3 is 2.12 bits per heavy atom. The van der Waals surface area contributed by atoms with Crippen LogP contribution in [0, 0.1) is 6.92 Å². The Morgan fingerprint density at radius 1 is 0.917 bits per heavy atom. The lowest BCUT2D eigenvalue weighted by atomic mass is 10.1. The van der Waals surface area contributed by atoms with E-state index in [-0.39, 0.29) is 0 Å². The van der Waals surface area contributed by atoms with E-state index in [1.54, 1.807) is 35.7 Å². The van der Waals surface area contributed by atoms with Crippen molar-refractivity contribution >= 4 is 15.7 Å². The number of benzene rings is 2. The fourth-order valence-corrected chi connectivity index (χ4v) is 4.41. The fraction of sp³-hybridized carbons (Fsp3) is 0.333. The molecule has 0 radical (unpaired) electrons. The summed E-state index contributed by atoms with van der Waals surface area (Å²) < 4.78 is 32.2. The van der Waals surface area contributed by atoms with E-state index in [0.717, 1.165) is 0 Å². The Morgan fingerprint density at radius 2 is 1.54 bits per heavy atom. The second kappa shape index (κ2) is 6.83. The van der Waals surface area contributed by atoms with Gasteiger partial charge in [-0.3, -0.25) is 0 Å². The Hall–Kier alpha value is -2.05. The molecule has 0 bridgehead atoms. The lowest BCUT2D eigenvalue weighted by molar-refractivity contribution is 0.384. The summed E-state index contributed by atoms with van der Waals surface area (Å²) in [6.45, 7) is 4.45. The minimum atomic E-state index is -3.45. The molecule has 5 nitrogen and oxygen atoms in total. The van der Waals surface area contributed by atoms with Gasteiger partial charge >= 0.3 is 0 Å². The summed E-state index contributed by atoms with van der Waals surface area (Å²) >= 11 is 0. The van der Waals surface area contributed by atoms with Crippen LogP contribution in [-0.4, -0.2) is 46.0 Å². The second-order valence-electron chi connectivity index (χ2n) is 5.85. The molecule has 0 aromatic heterocycles. The van der Waals surface area contributed by atoms with Gasteiger partial charge in [-0.25, -0.2) is 8.42 Å². The van der Waals surface area contributed by atoms with Crippen LogP contribution in [-0.2, 0) is 10.0 Å². The smallest absolute Gasteiger partial charge is 0.243 e. The van der Waals surface area contributed by atoms with Gasteiger partial charge in [0, 0.05) is 31.9 Å². The molecule has 0 atom stereocenters. The number of rotatable bonds is 4. The second-order valence-corrected chi connectivity index (χ2v) is 7.79. The maximum absolute atomic E-state index is 12.8. The summed E-state index contributed by atoms with van der Waals surface area (Å²) in [7, 11) is -1.89. The van der Waals surface area contributed by atoms with E-state index in [9.17, 15) is 8.42 Å². The van der Waals surface area contributed by atoms with E-state index < -0.39 is 10.0 Å². The molecular formula is C18H22N2O3S. The zero-order chi connectivity index (χ0) is 17.2. The lowest BCUT2D eigenvalue weighted by Crippen LogP contribution is -2.48. The number of aryl methyl sites for hydroxylation is 1. The summed E-state index contributed by atoms with van der Waals surface area (Å²) in [6.07, 6.45) is 0. The summed E-state index contributed by atoms with van der Waals surface area (Å²) in [5, 5.41) is 0. The zero-order valence-electron chi connectivity index (χ0n) is 14.0. The van der Waals surface area contributed by atoms with Crippen molar-refractivity contribution in [3.05, 3.63) is 54.1 Å². The zero-order valence-corrected chi connectivity index (χ0v) is 14.8. The predicted octanol–water partition coefficient (Wildman–Crippen LogP) is 2.51. The van der Waals surface area contributed by atoms with Crippen molar-refractivity contribution in [2.24, 2.45) is 0 Å². The Balaban J connectivity index is 1.72. The van der Waals surface area contributed by atoms with Crippen LogP contribution in [0.1, 0.15) is 5.56 Å². The molecule has 6 heteroatoms. The molecule has 0 aliphatic carbocycles. The summed E-state index contributed by atoms with van der Waals surface area (Å²) in [5.41, 5.74) is 2.39. The van der Waals surface area contributed by atoms with Crippen molar-refractivity contribution in [2.75, 3.05) is 38.2 Å². The van der Waals surface area contributed by atoms with Gasteiger partial charge in [0.05, 0.1) is 12.0 Å². The maximum atomic E-state index is 12.8. The van der Waals surface area contributed by atoms with Crippen molar-refractivity contribution < 1.29 is 13.2 Å². The average molecular weight is 346 g/mol. The minimum Gasteiger partial charge on any atom is -0.497 e. The number of anilines is 1. The van der Waals surface area contributed by atoms with Crippen LogP contribution in [0.4, 0.5) is 5.69 Å². The average Bonchev–Trinajstić information content (AvgIpc) is 2.62. The molecule has 128 valence electrons. The first-order chi connectivity index (χ1) is 11.5. The van der Waals surface area contributed by atoms with Gasteiger partial charge in [-0.2, -0.15) is 4.31 Å².